The maximum atomic E-state index is 12.5. The molecule has 2 aromatic carbocycles. The molecular formula is C39H60N2O4. The number of carbonyl (C=O) groups excluding carboxylic acids is 2. The highest BCUT2D eigenvalue weighted by Crippen LogP contribution is 2.40. The summed E-state index contributed by atoms with van der Waals surface area (Å²) in [5.41, 5.74) is 5.78. The molecule has 0 aliphatic carbocycles. The third kappa shape index (κ3) is 11.9. The lowest BCUT2D eigenvalue weighted by Crippen LogP contribution is -2.25. The van der Waals surface area contributed by atoms with Crippen molar-refractivity contribution in [3.05, 3.63) is 64.2 Å². The van der Waals surface area contributed by atoms with Crippen molar-refractivity contribution in [1.82, 2.24) is 10.6 Å². The molecule has 2 amide bonds. The van der Waals surface area contributed by atoms with Crippen LogP contribution in [0.3, 0.4) is 0 Å². The molecule has 0 fully saturated rings. The van der Waals surface area contributed by atoms with E-state index in [1.807, 2.05) is 31.2 Å². The number of unbranched alkanes of at least 4 members (excludes halogenated alkanes) is 3. The summed E-state index contributed by atoms with van der Waals surface area (Å²) < 4.78 is 0. The number of aromatic hydroxyl groups is 2. The summed E-state index contributed by atoms with van der Waals surface area (Å²) in [6.07, 6.45) is 5.85. The van der Waals surface area contributed by atoms with E-state index in [4.69, 9.17) is 0 Å². The van der Waals surface area contributed by atoms with Gasteiger partial charge in [-0.3, -0.25) is 9.59 Å². The summed E-state index contributed by atoms with van der Waals surface area (Å²) >= 11 is 0. The van der Waals surface area contributed by atoms with Crippen LogP contribution >= 0.6 is 0 Å². The lowest BCUT2D eigenvalue weighted by molar-refractivity contribution is -0.121. The fraction of sp³-hybridized carbons (Fsp3) is 0.590. The molecule has 0 unspecified atom stereocenters. The van der Waals surface area contributed by atoms with Gasteiger partial charge in [0.05, 0.1) is 0 Å². The average molecular weight is 621 g/mol. The van der Waals surface area contributed by atoms with E-state index in [1.54, 1.807) is 0 Å². The summed E-state index contributed by atoms with van der Waals surface area (Å²) in [4.78, 5) is 25.0. The molecule has 0 heterocycles. The molecule has 2 aromatic rings. The first-order chi connectivity index (χ1) is 20.7. The van der Waals surface area contributed by atoms with Crippen molar-refractivity contribution >= 4 is 17.4 Å². The molecule has 0 spiro atoms. The van der Waals surface area contributed by atoms with E-state index in [1.165, 1.54) is 0 Å². The van der Waals surface area contributed by atoms with Gasteiger partial charge in [0, 0.05) is 37.1 Å². The Bertz CT molecular complexity index is 1300. The van der Waals surface area contributed by atoms with Crippen LogP contribution in [0.4, 0.5) is 0 Å². The van der Waals surface area contributed by atoms with E-state index < -0.39 is 0 Å². The molecule has 0 aliphatic heterocycles. The van der Waals surface area contributed by atoms with Crippen LogP contribution < -0.4 is 10.6 Å². The monoisotopic (exact) mass is 620 g/mol. The molecule has 0 bridgehead atoms. The van der Waals surface area contributed by atoms with Crippen LogP contribution in [0.2, 0.25) is 0 Å². The molecule has 0 aromatic heterocycles. The lowest BCUT2D eigenvalue weighted by atomic mass is 9.78. The normalized spacial score (nSPS) is 12.2. The molecule has 6 heteroatoms. The first kappa shape index (κ1) is 37.9. The summed E-state index contributed by atoms with van der Waals surface area (Å²) in [6, 6.07) is 8.05. The fourth-order valence-corrected chi connectivity index (χ4v) is 5.47. The Labute approximate surface area is 273 Å². The first-order valence-corrected chi connectivity index (χ1v) is 16.6. The zero-order valence-corrected chi connectivity index (χ0v) is 29.8. The zero-order valence-electron chi connectivity index (χ0n) is 29.8. The number of phenols is 2. The number of aryl methyl sites for hydroxylation is 2. The zero-order chi connectivity index (χ0) is 34.2. The van der Waals surface area contributed by atoms with Gasteiger partial charge in [0.2, 0.25) is 11.8 Å². The Kier molecular flexibility index (Phi) is 13.3. The van der Waals surface area contributed by atoms with Gasteiger partial charge in [0.15, 0.2) is 0 Å². The van der Waals surface area contributed by atoms with Gasteiger partial charge < -0.3 is 20.8 Å². The number of amides is 2. The summed E-state index contributed by atoms with van der Waals surface area (Å²) in [5, 5.41) is 27.7. The second-order valence-electron chi connectivity index (χ2n) is 15.7. The largest absolute Gasteiger partial charge is 0.507 e. The van der Waals surface area contributed by atoms with Gasteiger partial charge in [-0.25, -0.2) is 0 Å². The Morgan fingerprint density at radius 3 is 1.33 bits per heavy atom. The van der Waals surface area contributed by atoms with Gasteiger partial charge in [0.1, 0.15) is 11.5 Å². The van der Waals surface area contributed by atoms with Gasteiger partial charge in [0.25, 0.3) is 0 Å². The van der Waals surface area contributed by atoms with Crippen molar-refractivity contribution in [1.29, 1.82) is 0 Å². The lowest BCUT2D eigenvalue weighted by Gasteiger charge is -2.28. The van der Waals surface area contributed by atoms with Crippen molar-refractivity contribution in [2.75, 3.05) is 13.1 Å². The number of allylic oxidation sites excluding steroid dienone is 1. The molecule has 0 aliphatic rings. The maximum Gasteiger partial charge on any atom is 0.220 e. The van der Waals surface area contributed by atoms with E-state index in [0.29, 0.717) is 44.5 Å². The maximum absolute atomic E-state index is 12.5. The summed E-state index contributed by atoms with van der Waals surface area (Å²) in [7, 11) is 0. The van der Waals surface area contributed by atoms with Crippen molar-refractivity contribution in [2.24, 2.45) is 0 Å². The predicted molar refractivity (Wildman–Crippen MR) is 188 cm³/mol. The van der Waals surface area contributed by atoms with E-state index >= 15 is 0 Å². The van der Waals surface area contributed by atoms with Crippen LogP contribution in [0.25, 0.3) is 5.57 Å². The predicted octanol–water partition coefficient (Wildman–Crippen LogP) is 8.38. The number of rotatable bonds is 14. The van der Waals surface area contributed by atoms with E-state index in [2.05, 4.69) is 79.5 Å². The Hall–Kier alpha value is -3.28. The van der Waals surface area contributed by atoms with Gasteiger partial charge >= 0.3 is 0 Å². The molecule has 0 radical (unpaired) electrons. The SMILES string of the molecule is C=C(C)c1cc(CCC(=O)NCCCCCCNC(=O)CCc2cc(C(C)(C)C)c(O)c(C(C)(C)C)c2)cc(C(C)(C)C)c1O. The molecule has 2 rings (SSSR count). The van der Waals surface area contributed by atoms with Crippen LogP contribution in [-0.4, -0.2) is 35.1 Å². The molecule has 250 valence electrons. The highest BCUT2D eigenvalue weighted by molar-refractivity contribution is 5.77. The van der Waals surface area contributed by atoms with Crippen LogP contribution in [0, 0.1) is 0 Å². The van der Waals surface area contributed by atoms with Crippen molar-refractivity contribution in [3.8, 4) is 11.5 Å². The Morgan fingerprint density at radius 2 is 0.978 bits per heavy atom. The highest BCUT2D eigenvalue weighted by Gasteiger charge is 2.26. The van der Waals surface area contributed by atoms with Crippen molar-refractivity contribution in [2.45, 2.75) is 137 Å². The van der Waals surface area contributed by atoms with Crippen LogP contribution in [0.1, 0.15) is 141 Å². The van der Waals surface area contributed by atoms with E-state index in [0.717, 1.165) is 64.6 Å². The second-order valence-corrected chi connectivity index (χ2v) is 15.7. The van der Waals surface area contributed by atoms with Gasteiger partial charge in [-0.05, 0) is 82.7 Å². The molecule has 0 saturated carbocycles. The average Bonchev–Trinajstić information content (AvgIpc) is 2.91. The third-order valence-corrected chi connectivity index (χ3v) is 8.25. The molecule has 0 atom stereocenters. The minimum atomic E-state index is -0.212. The number of hydrogen-bond donors (Lipinski definition) is 4. The minimum Gasteiger partial charge on any atom is -0.507 e. The van der Waals surface area contributed by atoms with E-state index in [9.17, 15) is 19.8 Å². The number of phenolic OH excluding ortho intramolecular Hbond substituents is 2. The minimum absolute atomic E-state index is 0.0300. The standard InChI is InChI=1S/C39H60N2O4/c1-26(2)29-22-27(23-30(35(29)44)37(3,4)5)16-18-33(42)40-20-14-12-13-15-21-41-34(43)19-17-28-24-31(38(6,7)8)36(45)32(25-28)39(9,10)11/h22-25,44-45H,1,12-21H2,2-11H3,(H,40,42)(H,41,43). The second kappa shape index (κ2) is 15.8. The van der Waals surface area contributed by atoms with E-state index in [-0.39, 0.29) is 33.8 Å². The molecule has 6 nitrogen and oxygen atoms in total. The number of hydrogen-bond acceptors (Lipinski definition) is 4. The van der Waals surface area contributed by atoms with Crippen LogP contribution in [-0.2, 0) is 38.7 Å². The van der Waals surface area contributed by atoms with Crippen molar-refractivity contribution in [3.63, 3.8) is 0 Å². The molecule has 45 heavy (non-hydrogen) atoms. The van der Waals surface area contributed by atoms with Crippen molar-refractivity contribution < 1.29 is 19.8 Å². The first-order valence-electron chi connectivity index (χ1n) is 16.6. The third-order valence-electron chi connectivity index (χ3n) is 8.25. The topological polar surface area (TPSA) is 98.7 Å². The Morgan fingerprint density at radius 1 is 0.622 bits per heavy atom. The Balaban J connectivity index is 1.69. The molecular weight excluding hydrogens is 560 g/mol. The summed E-state index contributed by atoms with van der Waals surface area (Å²) in [5.74, 6) is 0.719. The smallest absolute Gasteiger partial charge is 0.220 e. The van der Waals surface area contributed by atoms with Crippen LogP contribution in [0.5, 0.6) is 11.5 Å². The number of benzene rings is 2. The summed E-state index contributed by atoms with van der Waals surface area (Å²) in [6.45, 7) is 26.0. The van der Waals surface area contributed by atoms with Gasteiger partial charge in [-0.15, -0.1) is 0 Å². The highest BCUT2D eigenvalue weighted by atomic mass is 16.3. The van der Waals surface area contributed by atoms with Crippen LogP contribution in [0.15, 0.2) is 30.8 Å². The number of carbonyl (C=O) groups is 2. The number of nitrogens with one attached hydrogen (secondary N) is 2. The molecule has 0 saturated heterocycles. The van der Waals surface area contributed by atoms with Gasteiger partial charge in [-0.2, -0.15) is 0 Å². The fourth-order valence-electron chi connectivity index (χ4n) is 5.47. The molecule has 4 N–H and O–H groups in total. The van der Waals surface area contributed by atoms with Gasteiger partial charge in [-0.1, -0.05) is 99.9 Å². The quantitative estimate of drug-likeness (QED) is 0.159.